The molecule has 1 aromatic heterocycles. The summed E-state index contributed by atoms with van der Waals surface area (Å²) in [6.45, 7) is 0. The molecule has 2 aromatic carbocycles. The molecule has 0 saturated heterocycles. The van der Waals surface area contributed by atoms with Crippen molar-refractivity contribution in [3.8, 4) is 28.6 Å². The third kappa shape index (κ3) is 2.03. The van der Waals surface area contributed by atoms with Crippen LogP contribution in [0, 0.1) is 0 Å². The molecule has 0 saturated carbocycles. The summed E-state index contributed by atoms with van der Waals surface area (Å²) in [5, 5.41) is 9.53. The summed E-state index contributed by atoms with van der Waals surface area (Å²) in [5.74, 6) is 2.17. The Morgan fingerprint density at radius 1 is 1.05 bits per heavy atom. The normalized spacial score (nSPS) is 10.7. The summed E-state index contributed by atoms with van der Waals surface area (Å²) in [6.07, 6.45) is 0. The van der Waals surface area contributed by atoms with Crippen molar-refractivity contribution in [2.75, 3.05) is 14.2 Å². The molecule has 5 heteroatoms. The van der Waals surface area contributed by atoms with Gasteiger partial charge < -0.3 is 19.6 Å². The van der Waals surface area contributed by atoms with Crippen LogP contribution >= 0.6 is 0 Å². The van der Waals surface area contributed by atoms with E-state index in [1.807, 2.05) is 18.2 Å². The lowest BCUT2D eigenvalue weighted by molar-refractivity contribution is 0.356. The van der Waals surface area contributed by atoms with Gasteiger partial charge in [0.05, 0.1) is 25.3 Å². The van der Waals surface area contributed by atoms with Gasteiger partial charge in [0.2, 0.25) is 0 Å². The maximum Gasteiger partial charge on any atom is 0.163 e. The van der Waals surface area contributed by atoms with Crippen LogP contribution in [0.2, 0.25) is 0 Å². The van der Waals surface area contributed by atoms with Crippen LogP contribution in [-0.2, 0) is 0 Å². The molecule has 0 spiro atoms. The fraction of sp³-hybridized carbons (Fsp3) is 0.133. The summed E-state index contributed by atoms with van der Waals surface area (Å²) in [4.78, 5) is 7.71. The molecule has 5 nitrogen and oxygen atoms in total. The van der Waals surface area contributed by atoms with Crippen LogP contribution in [0.3, 0.4) is 0 Å². The van der Waals surface area contributed by atoms with Gasteiger partial charge in [0, 0.05) is 17.7 Å². The van der Waals surface area contributed by atoms with Crippen LogP contribution in [0.25, 0.3) is 22.4 Å². The van der Waals surface area contributed by atoms with Crippen molar-refractivity contribution in [3.05, 3.63) is 36.4 Å². The van der Waals surface area contributed by atoms with Crippen LogP contribution < -0.4 is 9.47 Å². The third-order valence-corrected chi connectivity index (χ3v) is 3.11. The van der Waals surface area contributed by atoms with Crippen molar-refractivity contribution in [2.24, 2.45) is 0 Å². The van der Waals surface area contributed by atoms with Gasteiger partial charge in [-0.1, -0.05) is 12.1 Å². The largest absolute Gasteiger partial charge is 0.508 e. The Hall–Kier alpha value is -2.69. The molecular weight excluding hydrogens is 256 g/mol. The average Bonchev–Trinajstić information content (AvgIpc) is 2.88. The number of aromatic nitrogens is 2. The maximum absolute atomic E-state index is 9.53. The Kier molecular flexibility index (Phi) is 2.95. The number of rotatable bonds is 3. The summed E-state index contributed by atoms with van der Waals surface area (Å²) >= 11 is 0. The number of hydrogen-bond acceptors (Lipinski definition) is 4. The molecule has 3 rings (SSSR count). The lowest BCUT2D eigenvalue weighted by atomic mass is 10.2. The van der Waals surface area contributed by atoms with Crippen molar-refractivity contribution in [2.45, 2.75) is 0 Å². The number of H-pyrrole nitrogens is 1. The van der Waals surface area contributed by atoms with Gasteiger partial charge >= 0.3 is 0 Å². The Morgan fingerprint density at radius 2 is 1.80 bits per heavy atom. The number of nitrogens with zero attached hydrogens (tertiary/aromatic N) is 1. The average molecular weight is 270 g/mol. The number of aromatic hydroxyl groups is 1. The third-order valence-electron chi connectivity index (χ3n) is 3.11. The number of hydrogen-bond donors (Lipinski definition) is 2. The molecule has 2 N–H and O–H groups in total. The molecule has 0 aliphatic rings. The number of aromatic amines is 1. The first-order chi connectivity index (χ1) is 9.71. The Balaban J connectivity index is 2.15. The van der Waals surface area contributed by atoms with Gasteiger partial charge in [-0.05, 0) is 12.1 Å². The Bertz CT molecular complexity index is 724. The lowest BCUT2D eigenvalue weighted by Gasteiger charge is -2.06. The highest BCUT2D eigenvalue weighted by molar-refractivity contribution is 5.83. The molecule has 20 heavy (non-hydrogen) atoms. The molecule has 0 aliphatic heterocycles. The molecule has 1 heterocycles. The van der Waals surface area contributed by atoms with Gasteiger partial charge in [0.1, 0.15) is 11.6 Å². The second kappa shape index (κ2) is 4.77. The van der Waals surface area contributed by atoms with Crippen LogP contribution in [0.1, 0.15) is 0 Å². The second-order valence-corrected chi connectivity index (χ2v) is 4.36. The fourth-order valence-corrected chi connectivity index (χ4v) is 2.13. The first-order valence-corrected chi connectivity index (χ1v) is 6.12. The van der Waals surface area contributed by atoms with E-state index in [-0.39, 0.29) is 5.75 Å². The van der Waals surface area contributed by atoms with Crippen LogP contribution in [0.4, 0.5) is 0 Å². The van der Waals surface area contributed by atoms with Gasteiger partial charge in [0.15, 0.2) is 11.5 Å². The van der Waals surface area contributed by atoms with E-state index in [4.69, 9.17) is 9.47 Å². The minimum atomic E-state index is 0.207. The fourth-order valence-electron chi connectivity index (χ4n) is 2.13. The van der Waals surface area contributed by atoms with E-state index < -0.39 is 0 Å². The van der Waals surface area contributed by atoms with E-state index in [9.17, 15) is 5.11 Å². The zero-order valence-electron chi connectivity index (χ0n) is 11.2. The van der Waals surface area contributed by atoms with Crippen LogP contribution in [0.15, 0.2) is 36.4 Å². The number of fused-ring (bicyclic) bond motifs is 1. The first-order valence-electron chi connectivity index (χ1n) is 6.12. The minimum Gasteiger partial charge on any atom is -0.508 e. The minimum absolute atomic E-state index is 0.207. The van der Waals surface area contributed by atoms with Crippen LogP contribution in [-0.4, -0.2) is 29.3 Å². The number of benzene rings is 2. The summed E-state index contributed by atoms with van der Waals surface area (Å²) < 4.78 is 10.5. The number of phenolic OH excluding ortho intramolecular Hbond substituents is 1. The quantitative estimate of drug-likeness (QED) is 0.767. The molecule has 0 amide bonds. The predicted octanol–water partition coefficient (Wildman–Crippen LogP) is 2.95. The van der Waals surface area contributed by atoms with E-state index in [2.05, 4.69) is 9.97 Å². The van der Waals surface area contributed by atoms with Gasteiger partial charge in [-0.15, -0.1) is 0 Å². The molecule has 0 aliphatic carbocycles. The zero-order valence-corrected chi connectivity index (χ0v) is 11.2. The SMILES string of the molecule is COc1cc2nc(-c3cccc(O)c3)[nH]c2cc1OC. The van der Waals surface area contributed by atoms with Crippen molar-refractivity contribution < 1.29 is 14.6 Å². The second-order valence-electron chi connectivity index (χ2n) is 4.36. The van der Waals surface area contributed by atoms with E-state index in [0.717, 1.165) is 16.6 Å². The maximum atomic E-state index is 9.53. The van der Waals surface area contributed by atoms with Crippen molar-refractivity contribution >= 4 is 11.0 Å². The molecule has 0 atom stereocenters. The molecule has 102 valence electrons. The summed E-state index contributed by atoms with van der Waals surface area (Å²) in [5.41, 5.74) is 2.45. The standard InChI is InChI=1S/C15H14N2O3/c1-19-13-7-11-12(8-14(13)20-2)17-15(16-11)9-4-3-5-10(18)6-9/h3-8,18H,1-2H3,(H,16,17). The molecule has 3 aromatic rings. The van der Waals surface area contributed by atoms with E-state index in [0.29, 0.717) is 17.3 Å². The van der Waals surface area contributed by atoms with E-state index >= 15 is 0 Å². The van der Waals surface area contributed by atoms with Gasteiger partial charge in [0.25, 0.3) is 0 Å². The summed E-state index contributed by atoms with van der Waals surface area (Å²) in [7, 11) is 3.18. The predicted molar refractivity (Wildman–Crippen MR) is 76.3 cm³/mol. The molecule has 0 radical (unpaired) electrons. The topological polar surface area (TPSA) is 67.4 Å². The van der Waals surface area contributed by atoms with Gasteiger partial charge in [-0.25, -0.2) is 4.98 Å². The van der Waals surface area contributed by atoms with Gasteiger partial charge in [-0.3, -0.25) is 0 Å². The zero-order chi connectivity index (χ0) is 14.1. The number of nitrogens with one attached hydrogen (secondary N) is 1. The molecule has 0 unspecified atom stereocenters. The number of phenols is 1. The van der Waals surface area contributed by atoms with Crippen molar-refractivity contribution in [1.82, 2.24) is 9.97 Å². The Labute approximate surface area is 115 Å². The molecule has 0 bridgehead atoms. The Morgan fingerprint density at radius 3 is 2.50 bits per heavy atom. The highest BCUT2D eigenvalue weighted by Crippen LogP contribution is 2.32. The summed E-state index contributed by atoms with van der Waals surface area (Å²) in [6, 6.07) is 10.6. The lowest BCUT2D eigenvalue weighted by Crippen LogP contribution is -1.89. The van der Waals surface area contributed by atoms with E-state index in [1.165, 1.54) is 0 Å². The highest BCUT2D eigenvalue weighted by Gasteiger charge is 2.11. The van der Waals surface area contributed by atoms with Crippen LogP contribution in [0.5, 0.6) is 17.2 Å². The number of imidazole rings is 1. The van der Waals surface area contributed by atoms with Gasteiger partial charge in [-0.2, -0.15) is 0 Å². The highest BCUT2D eigenvalue weighted by atomic mass is 16.5. The first kappa shape index (κ1) is 12.3. The molecular formula is C15H14N2O3. The number of methoxy groups -OCH3 is 2. The van der Waals surface area contributed by atoms with E-state index in [1.54, 1.807) is 32.4 Å². The number of ether oxygens (including phenoxy) is 2. The monoisotopic (exact) mass is 270 g/mol. The smallest absolute Gasteiger partial charge is 0.163 e. The molecule has 0 fully saturated rings. The van der Waals surface area contributed by atoms with Crippen molar-refractivity contribution in [3.63, 3.8) is 0 Å². The van der Waals surface area contributed by atoms with Crippen molar-refractivity contribution in [1.29, 1.82) is 0 Å².